The first kappa shape index (κ1) is 16.6. The third-order valence-corrected chi connectivity index (χ3v) is 3.30. The van der Waals surface area contributed by atoms with Crippen molar-refractivity contribution in [3.05, 3.63) is 77.4 Å². The van der Waals surface area contributed by atoms with Gasteiger partial charge in [-0.3, -0.25) is 9.59 Å². The molecule has 23 heavy (non-hydrogen) atoms. The molecule has 1 atom stereocenters. The van der Waals surface area contributed by atoms with E-state index in [1.807, 2.05) is 18.2 Å². The molecule has 0 spiro atoms. The Morgan fingerprint density at radius 2 is 1.65 bits per heavy atom. The Labute approximate surface area is 135 Å². The van der Waals surface area contributed by atoms with Crippen LogP contribution in [-0.2, 0) is 4.79 Å². The van der Waals surface area contributed by atoms with E-state index in [0.29, 0.717) is 11.1 Å². The summed E-state index contributed by atoms with van der Waals surface area (Å²) in [6.07, 6.45) is 3.07. The van der Waals surface area contributed by atoms with Gasteiger partial charge in [0, 0.05) is 23.2 Å². The van der Waals surface area contributed by atoms with Gasteiger partial charge in [-0.05, 0) is 18.6 Å². The van der Waals surface area contributed by atoms with Gasteiger partial charge in [0.15, 0.2) is 5.78 Å². The van der Waals surface area contributed by atoms with Gasteiger partial charge in [0.1, 0.15) is 0 Å². The van der Waals surface area contributed by atoms with Crippen molar-refractivity contribution in [1.29, 1.82) is 0 Å². The fraction of sp³-hybridized carbons (Fsp3) is 0.158. The number of hydrogen-bond acceptors (Lipinski definition) is 3. The average molecular weight is 309 g/mol. The maximum atomic E-state index is 12.3. The Morgan fingerprint density at radius 1 is 1.04 bits per heavy atom. The van der Waals surface area contributed by atoms with Crippen molar-refractivity contribution in [2.24, 2.45) is 0 Å². The fourth-order valence-electron chi connectivity index (χ4n) is 2.01. The number of aliphatic hydroxyl groups excluding tert-OH is 1. The van der Waals surface area contributed by atoms with Gasteiger partial charge in [0.2, 0.25) is 5.91 Å². The second-order valence-corrected chi connectivity index (χ2v) is 5.24. The quantitative estimate of drug-likeness (QED) is 0.636. The molecular formula is C19H19NO3. The number of aliphatic hydroxyl groups is 1. The van der Waals surface area contributed by atoms with Gasteiger partial charge in [0.05, 0.1) is 6.61 Å². The lowest BCUT2D eigenvalue weighted by molar-refractivity contribution is -0.117. The number of rotatable bonds is 6. The first-order valence-corrected chi connectivity index (χ1v) is 7.39. The first-order chi connectivity index (χ1) is 11.1. The number of carbonyl (C=O) groups excluding carboxylic acids is 2. The zero-order valence-corrected chi connectivity index (χ0v) is 12.9. The van der Waals surface area contributed by atoms with Crippen LogP contribution >= 0.6 is 0 Å². The molecule has 0 saturated heterocycles. The van der Waals surface area contributed by atoms with Crippen LogP contribution in [0, 0.1) is 0 Å². The van der Waals surface area contributed by atoms with E-state index in [-0.39, 0.29) is 24.3 Å². The number of benzene rings is 2. The summed E-state index contributed by atoms with van der Waals surface area (Å²) in [5, 5.41) is 11.5. The van der Waals surface area contributed by atoms with Crippen LogP contribution in [0.25, 0.3) is 6.08 Å². The molecule has 2 N–H and O–H groups in total. The van der Waals surface area contributed by atoms with Crippen LogP contribution in [0.15, 0.2) is 60.7 Å². The Kier molecular flexibility index (Phi) is 5.83. The molecule has 4 nitrogen and oxygen atoms in total. The van der Waals surface area contributed by atoms with Crippen molar-refractivity contribution in [3.63, 3.8) is 0 Å². The minimum atomic E-state index is -0.280. The monoisotopic (exact) mass is 309 g/mol. The van der Waals surface area contributed by atoms with Gasteiger partial charge >= 0.3 is 0 Å². The molecule has 0 aliphatic carbocycles. The summed E-state index contributed by atoms with van der Waals surface area (Å²) in [7, 11) is 0. The minimum Gasteiger partial charge on any atom is -0.394 e. The highest BCUT2D eigenvalue weighted by Crippen LogP contribution is 2.12. The molecule has 0 aliphatic rings. The molecule has 4 heteroatoms. The highest BCUT2D eigenvalue weighted by Gasteiger charge is 2.07. The lowest BCUT2D eigenvalue weighted by Crippen LogP contribution is -2.33. The zero-order valence-electron chi connectivity index (χ0n) is 12.9. The number of nitrogens with one attached hydrogen (secondary N) is 1. The predicted octanol–water partition coefficient (Wildman–Crippen LogP) is 2.43. The standard InChI is InChI=1S/C19H19NO3/c1-14(13-21)20-18(22)12-9-15-7-10-17(11-8-15)19(23)16-5-3-2-4-6-16/h2-12,14,21H,13H2,1H3,(H,20,22)/b12-9+/t14-/m1/s1. The van der Waals surface area contributed by atoms with Crippen LogP contribution in [-0.4, -0.2) is 29.4 Å². The van der Waals surface area contributed by atoms with Crippen molar-refractivity contribution in [2.75, 3.05) is 6.61 Å². The number of carbonyl (C=O) groups is 2. The maximum Gasteiger partial charge on any atom is 0.244 e. The van der Waals surface area contributed by atoms with Gasteiger partial charge in [-0.2, -0.15) is 0 Å². The van der Waals surface area contributed by atoms with Crippen LogP contribution in [0.3, 0.4) is 0 Å². The molecule has 0 fully saturated rings. The molecule has 0 bridgehead atoms. The summed E-state index contributed by atoms with van der Waals surface area (Å²) >= 11 is 0. The van der Waals surface area contributed by atoms with Crippen molar-refractivity contribution in [1.82, 2.24) is 5.32 Å². The first-order valence-electron chi connectivity index (χ1n) is 7.39. The third kappa shape index (κ3) is 4.90. The molecule has 0 aliphatic heterocycles. The summed E-state index contributed by atoms with van der Waals surface area (Å²) in [6, 6.07) is 15.9. The van der Waals surface area contributed by atoms with E-state index in [2.05, 4.69) is 5.32 Å². The second kappa shape index (κ2) is 8.06. The Balaban J connectivity index is 2.02. The Morgan fingerprint density at radius 3 is 2.26 bits per heavy atom. The van der Waals surface area contributed by atoms with E-state index < -0.39 is 0 Å². The summed E-state index contributed by atoms with van der Waals surface area (Å²) in [4.78, 5) is 23.9. The smallest absolute Gasteiger partial charge is 0.244 e. The van der Waals surface area contributed by atoms with Crippen LogP contribution < -0.4 is 5.32 Å². The topological polar surface area (TPSA) is 66.4 Å². The van der Waals surface area contributed by atoms with Crippen LogP contribution in [0.2, 0.25) is 0 Å². The van der Waals surface area contributed by atoms with Crippen molar-refractivity contribution < 1.29 is 14.7 Å². The van der Waals surface area contributed by atoms with Gasteiger partial charge in [-0.25, -0.2) is 0 Å². The Hall–Kier alpha value is -2.72. The largest absolute Gasteiger partial charge is 0.394 e. The van der Waals surface area contributed by atoms with Crippen LogP contribution in [0.5, 0.6) is 0 Å². The van der Waals surface area contributed by atoms with E-state index >= 15 is 0 Å². The highest BCUT2D eigenvalue weighted by molar-refractivity contribution is 6.09. The summed E-state index contributed by atoms with van der Waals surface area (Å²) in [5.41, 5.74) is 2.07. The normalized spacial score (nSPS) is 12.1. The van der Waals surface area contributed by atoms with Crippen molar-refractivity contribution >= 4 is 17.8 Å². The molecule has 2 rings (SSSR count). The Bertz CT molecular complexity index is 690. The van der Waals surface area contributed by atoms with Crippen LogP contribution in [0.4, 0.5) is 0 Å². The number of ketones is 1. The van der Waals surface area contributed by atoms with E-state index in [9.17, 15) is 9.59 Å². The van der Waals surface area contributed by atoms with Gasteiger partial charge in [-0.1, -0.05) is 54.6 Å². The molecule has 0 heterocycles. The lowest BCUT2D eigenvalue weighted by Gasteiger charge is -2.07. The van der Waals surface area contributed by atoms with Gasteiger partial charge < -0.3 is 10.4 Å². The SMILES string of the molecule is C[C@H](CO)NC(=O)/C=C/c1ccc(C(=O)c2ccccc2)cc1. The highest BCUT2D eigenvalue weighted by atomic mass is 16.3. The molecule has 0 aromatic heterocycles. The van der Waals surface area contributed by atoms with Gasteiger partial charge in [0.25, 0.3) is 0 Å². The van der Waals surface area contributed by atoms with Crippen molar-refractivity contribution in [2.45, 2.75) is 13.0 Å². The summed E-state index contributed by atoms with van der Waals surface area (Å²) in [6.45, 7) is 1.62. The molecule has 0 unspecified atom stereocenters. The summed E-state index contributed by atoms with van der Waals surface area (Å²) < 4.78 is 0. The molecule has 118 valence electrons. The molecule has 0 saturated carbocycles. The van der Waals surface area contributed by atoms with E-state index in [1.165, 1.54) is 6.08 Å². The van der Waals surface area contributed by atoms with Gasteiger partial charge in [-0.15, -0.1) is 0 Å². The van der Waals surface area contributed by atoms with Crippen molar-refractivity contribution in [3.8, 4) is 0 Å². The molecular weight excluding hydrogens is 290 g/mol. The minimum absolute atomic E-state index is 0.0318. The fourth-order valence-corrected chi connectivity index (χ4v) is 2.01. The lowest BCUT2D eigenvalue weighted by atomic mass is 10.0. The molecule has 2 aromatic carbocycles. The third-order valence-electron chi connectivity index (χ3n) is 3.30. The molecule has 2 aromatic rings. The molecule has 1 amide bonds. The zero-order chi connectivity index (χ0) is 16.7. The van der Waals surface area contributed by atoms with Crippen LogP contribution in [0.1, 0.15) is 28.4 Å². The average Bonchev–Trinajstić information content (AvgIpc) is 2.60. The second-order valence-electron chi connectivity index (χ2n) is 5.24. The number of hydrogen-bond donors (Lipinski definition) is 2. The maximum absolute atomic E-state index is 12.3. The van der Waals surface area contributed by atoms with E-state index in [4.69, 9.17) is 5.11 Å². The predicted molar refractivity (Wildman–Crippen MR) is 90.0 cm³/mol. The summed E-state index contributed by atoms with van der Waals surface area (Å²) in [5.74, 6) is -0.299. The number of amides is 1. The van der Waals surface area contributed by atoms with E-state index in [0.717, 1.165) is 5.56 Å². The molecule has 0 radical (unpaired) electrons. The van der Waals surface area contributed by atoms with E-state index in [1.54, 1.807) is 49.4 Å².